The number of benzene rings is 9. The van der Waals surface area contributed by atoms with Gasteiger partial charge in [0.15, 0.2) is 0 Å². The molecule has 13 rings (SSSR count). The number of rotatable bonds is 6. The molecule has 62 heavy (non-hydrogen) atoms. The predicted molar refractivity (Wildman–Crippen MR) is 251 cm³/mol. The van der Waals surface area contributed by atoms with Crippen LogP contribution in [0.2, 0.25) is 0 Å². The molecule has 2 aliphatic rings. The van der Waals surface area contributed by atoms with E-state index in [-0.39, 0.29) is 11.8 Å². The summed E-state index contributed by atoms with van der Waals surface area (Å²) in [6.07, 6.45) is 0.932. The molecule has 0 amide bonds. The lowest BCUT2D eigenvalue weighted by Crippen LogP contribution is -2.32. The van der Waals surface area contributed by atoms with Crippen molar-refractivity contribution < 1.29 is 13.6 Å². The summed E-state index contributed by atoms with van der Waals surface area (Å²) >= 11 is 0. The Balaban J connectivity index is 1.04. The van der Waals surface area contributed by atoms with Gasteiger partial charge in [0.1, 0.15) is 33.8 Å². The van der Waals surface area contributed by atoms with Crippen LogP contribution in [0, 0.1) is 5.92 Å². The minimum absolute atomic E-state index is 0.0714. The van der Waals surface area contributed by atoms with Crippen molar-refractivity contribution in [2.75, 3.05) is 0 Å². The van der Waals surface area contributed by atoms with Crippen molar-refractivity contribution in [3.8, 4) is 33.8 Å². The van der Waals surface area contributed by atoms with Crippen LogP contribution in [0.4, 0.5) is 0 Å². The molecular formula is C59H40O3. The summed E-state index contributed by atoms with van der Waals surface area (Å²) in [5.41, 5.74) is 16.4. The minimum Gasteiger partial charge on any atom is -0.457 e. The maximum atomic E-state index is 7.17. The van der Waals surface area contributed by atoms with E-state index in [1.807, 2.05) is 6.07 Å². The van der Waals surface area contributed by atoms with Crippen LogP contribution >= 0.6 is 0 Å². The monoisotopic (exact) mass is 796 g/mol. The molecule has 0 radical (unpaired) electrons. The van der Waals surface area contributed by atoms with Crippen LogP contribution in [-0.2, 0) is 11.8 Å². The van der Waals surface area contributed by atoms with Gasteiger partial charge in [-0.25, -0.2) is 0 Å². The van der Waals surface area contributed by atoms with Gasteiger partial charge in [-0.2, -0.15) is 0 Å². The molecule has 1 spiro atoms. The summed E-state index contributed by atoms with van der Waals surface area (Å²) in [7, 11) is 0. The minimum atomic E-state index is -0.566. The standard InChI is InChI=1S/C59H40O3/c1-36(34-37-16-3-2-4-17-37)55(38-30-31-41-40-19-8-12-26-50(40)60-54(41)35-38)42-20-6-5-18-39(42)43-22-15-29-53-56(43)45-32-33-49-57(58(45)62-53)44-21-7-9-23-46(44)59(49)47-24-10-13-27-51(47)61-52-28-14-11-25-48(52)59/h2-33,35-36,55H,34H2,1H3/t36-,55+/m1/s1. The Kier molecular flexibility index (Phi) is 7.62. The SMILES string of the molecule is C[C@H](Cc1ccccc1)[C@@H](c1ccc2c(c1)oc1ccccc12)c1ccccc1-c1cccc2oc3c4c(ccc3c12)C1(c2ccccc2Oc2ccccc21)c1ccccc1-4. The van der Waals surface area contributed by atoms with E-state index >= 15 is 0 Å². The van der Waals surface area contributed by atoms with E-state index in [0.717, 1.165) is 78.5 Å². The maximum Gasteiger partial charge on any atom is 0.143 e. The first kappa shape index (κ1) is 35.2. The van der Waals surface area contributed by atoms with E-state index in [4.69, 9.17) is 13.6 Å². The smallest absolute Gasteiger partial charge is 0.143 e. The number of para-hydroxylation sites is 3. The molecule has 294 valence electrons. The number of hydrogen-bond donors (Lipinski definition) is 0. The lowest BCUT2D eigenvalue weighted by molar-refractivity contribution is 0.436. The molecular weight excluding hydrogens is 757 g/mol. The zero-order valence-corrected chi connectivity index (χ0v) is 34.1. The second-order valence-electron chi connectivity index (χ2n) is 17.1. The average Bonchev–Trinajstić information content (AvgIpc) is 3.98. The largest absolute Gasteiger partial charge is 0.457 e. The second kappa shape index (κ2) is 13.4. The van der Waals surface area contributed by atoms with Gasteiger partial charge in [0, 0.05) is 44.2 Å². The molecule has 0 fully saturated rings. The van der Waals surface area contributed by atoms with Gasteiger partial charge in [-0.1, -0.05) is 177 Å². The summed E-state index contributed by atoms with van der Waals surface area (Å²) in [5, 5.41) is 4.53. The first-order valence-electron chi connectivity index (χ1n) is 21.7. The highest BCUT2D eigenvalue weighted by Gasteiger charge is 2.52. The lowest BCUT2D eigenvalue weighted by atomic mass is 9.66. The molecule has 1 aliphatic heterocycles. The van der Waals surface area contributed by atoms with Gasteiger partial charge in [-0.05, 0) is 87.2 Å². The van der Waals surface area contributed by atoms with Gasteiger partial charge in [0.25, 0.3) is 0 Å². The summed E-state index contributed by atoms with van der Waals surface area (Å²) in [6, 6.07) is 72.3. The first-order valence-corrected chi connectivity index (χ1v) is 21.7. The van der Waals surface area contributed by atoms with Crippen molar-refractivity contribution in [2.24, 2.45) is 5.92 Å². The van der Waals surface area contributed by atoms with Crippen LogP contribution in [0.15, 0.2) is 209 Å². The molecule has 0 N–H and O–H groups in total. The summed E-state index contributed by atoms with van der Waals surface area (Å²) in [4.78, 5) is 0. The van der Waals surface area contributed by atoms with E-state index in [2.05, 4.69) is 201 Å². The van der Waals surface area contributed by atoms with Gasteiger partial charge in [0.2, 0.25) is 0 Å². The van der Waals surface area contributed by atoms with Crippen molar-refractivity contribution in [3.05, 3.63) is 239 Å². The third-order valence-electron chi connectivity index (χ3n) is 13.8. The van der Waals surface area contributed by atoms with Gasteiger partial charge in [-0.15, -0.1) is 0 Å². The number of hydrogen-bond acceptors (Lipinski definition) is 3. The van der Waals surface area contributed by atoms with Gasteiger partial charge in [0.05, 0.1) is 5.41 Å². The van der Waals surface area contributed by atoms with Crippen molar-refractivity contribution in [1.29, 1.82) is 0 Å². The quantitative estimate of drug-likeness (QED) is 0.168. The third-order valence-corrected chi connectivity index (χ3v) is 13.8. The molecule has 0 saturated carbocycles. The van der Waals surface area contributed by atoms with Crippen LogP contribution in [0.5, 0.6) is 11.5 Å². The van der Waals surface area contributed by atoms with Gasteiger partial charge in [-0.3, -0.25) is 0 Å². The Morgan fingerprint density at radius 2 is 1.08 bits per heavy atom. The molecule has 2 atom stereocenters. The van der Waals surface area contributed by atoms with Crippen LogP contribution in [0.1, 0.15) is 51.8 Å². The lowest BCUT2D eigenvalue weighted by Gasteiger charge is -2.39. The third kappa shape index (κ3) is 4.94. The zero-order chi connectivity index (χ0) is 40.9. The molecule has 3 nitrogen and oxygen atoms in total. The number of fused-ring (bicyclic) bond motifs is 16. The Morgan fingerprint density at radius 1 is 0.452 bits per heavy atom. The van der Waals surface area contributed by atoms with E-state index in [9.17, 15) is 0 Å². The van der Waals surface area contributed by atoms with E-state index in [0.29, 0.717) is 0 Å². The highest BCUT2D eigenvalue weighted by molar-refractivity contribution is 6.17. The molecule has 0 unspecified atom stereocenters. The molecule has 0 bridgehead atoms. The van der Waals surface area contributed by atoms with Crippen molar-refractivity contribution >= 4 is 43.9 Å². The summed E-state index contributed by atoms with van der Waals surface area (Å²) in [5.74, 6) is 2.10. The fourth-order valence-electron chi connectivity index (χ4n) is 11.3. The fourth-order valence-corrected chi connectivity index (χ4v) is 11.3. The maximum absolute atomic E-state index is 7.17. The average molecular weight is 797 g/mol. The van der Waals surface area contributed by atoms with Crippen LogP contribution in [0.25, 0.3) is 66.1 Å². The molecule has 2 aromatic heterocycles. The van der Waals surface area contributed by atoms with Crippen LogP contribution < -0.4 is 4.74 Å². The van der Waals surface area contributed by atoms with Gasteiger partial charge < -0.3 is 13.6 Å². The molecule has 1 aliphatic carbocycles. The second-order valence-corrected chi connectivity index (χ2v) is 17.1. The molecule has 3 heteroatoms. The highest BCUT2D eigenvalue weighted by Crippen LogP contribution is 2.63. The molecule has 3 heterocycles. The van der Waals surface area contributed by atoms with Crippen LogP contribution in [0.3, 0.4) is 0 Å². The Morgan fingerprint density at radius 3 is 1.90 bits per heavy atom. The van der Waals surface area contributed by atoms with Crippen molar-refractivity contribution in [2.45, 2.75) is 24.7 Å². The Hall–Kier alpha value is -7.62. The predicted octanol–water partition coefficient (Wildman–Crippen LogP) is 15.6. The summed E-state index contributed by atoms with van der Waals surface area (Å²) < 4.78 is 20.3. The molecule has 9 aromatic carbocycles. The van der Waals surface area contributed by atoms with E-state index < -0.39 is 5.41 Å². The zero-order valence-electron chi connectivity index (χ0n) is 34.1. The van der Waals surface area contributed by atoms with Crippen LogP contribution in [-0.4, -0.2) is 0 Å². The summed E-state index contributed by atoms with van der Waals surface area (Å²) in [6.45, 7) is 2.40. The molecule has 11 aromatic rings. The Labute approximate surface area is 359 Å². The van der Waals surface area contributed by atoms with E-state index in [1.165, 1.54) is 44.5 Å². The number of ether oxygens (including phenoxy) is 1. The van der Waals surface area contributed by atoms with Crippen molar-refractivity contribution in [3.63, 3.8) is 0 Å². The topological polar surface area (TPSA) is 35.5 Å². The van der Waals surface area contributed by atoms with Gasteiger partial charge >= 0.3 is 0 Å². The first-order chi connectivity index (χ1) is 30.7. The Bertz CT molecular complexity index is 3520. The molecule has 0 saturated heterocycles. The highest BCUT2D eigenvalue weighted by atomic mass is 16.5. The van der Waals surface area contributed by atoms with Crippen molar-refractivity contribution in [1.82, 2.24) is 0 Å². The normalized spacial score (nSPS) is 14.4. The number of furan rings is 2. The fraction of sp³-hybridized carbons (Fsp3) is 0.0847. The van der Waals surface area contributed by atoms with E-state index in [1.54, 1.807) is 0 Å².